The summed E-state index contributed by atoms with van der Waals surface area (Å²) in [6.45, 7) is 5.80. The van der Waals surface area contributed by atoms with Crippen molar-refractivity contribution in [3.05, 3.63) is 39.9 Å². The number of nitrogens with two attached hydrogens (primary N) is 1. The minimum absolute atomic E-state index is 0.0851. The number of nitrogens with zero attached hydrogens (tertiary/aromatic N) is 5. The van der Waals surface area contributed by atoms with Crippen LogP contribution in [0.3, 0.4) is 0 Å². The number of non-ortho nitro benzene ring substituents is 1. The van der Waals surface area contributed by atoms with Gasteiger partial charge < -0.3 is 5.84 Å². The predicted octanol–water partition coefficient (Wildman–Crippen LogP) is 0.0633. The molecule has 5 rings (SSSR count). The van der Waals surface area contributed by atoms with Crippen LogP contribution in [0.2, 0.25) is 0 Å². The molecule has 0 atom stereocenters. The summed E-state index contributed by atoms with van der Waals surface area (Å²) in [5.41, 5.74) is 1.70. The number of rotatable bonds is 3. The van der Waals surface area contributed by atoms with Crippen LogP contribution in [0.25, 0.3) is 0 Å². The number of hydrogen-bond acceptors (Lipinski definition) is 7. The maximum Gasteiger partial charge on any atom is 0.269 e. The fraction of sp³-hybridized carbons (Fsp3) is 0.500. The minimum Gasteiger partial charge on any atom is -0.323 e. The van der Waals surface area contributed by atoms with Gasteiger partial charge >= 0.3 is 0 Å². The zero-order chi connectivity index (χ0) is 15.3. The molecule has 4 aliphatic heterocycles. The molecule has 22 heavy (non-hydrogen) atoms. The minimum atomic E-state index is -0.392. The number of benzene rings is 1. The molecule has 2 N–H and O–H groups in total. The Bertz CT molecular complexity index is 606. The molecule has 4 bridgehead atoms. The zero-order valence-corrected chi connectivity index (χ0v) is 12.2. The Labute approximate surface area is 127 Å². The second-order valence-corrected chi connectivity index (χ2v) is 6.47. The maximum absolute atomic E-state index is 10.8. The molecule has 0 saturated carbocycles. The molecule has 8 heteroatoms. The Morgan fingerprint density at radius 3 is 2.00 bits per heavy atom. The smallest absolute Gasteiger partial charge is 0.269 e. The predicted molar refractivity (Wildman–Crippen MR) is 81.0 cm³/mol. The van der Waals surface area contributed by atoms with E-state index in [-0.39, 0.29) is 11.1 Å². The van der Waals surface area contributed by atoms with Crippen LogP contribution in [0.4, 0.5) is 5.69 Å². The van der Waals surface area contributed by atoms with Crippen LogP contribution in [-0.4, -0.2) is 65.0 Å². The Balaban J connectivity index is 1.69. The quantitative estimate of drug-likeness (QED) is 0.367. The van der Waals surface area contributed by atoms with Gasteiger partial charge in [0.1, 0.15) is 0 Å². The van der Waals surface area contributed by atoms with E-state index in [0.29, 0.717) is 0 Å². The van der Waals surface area contributed by atoms with E-state index in [2.05, 4.69) is 19.8 Å². The molecule has 0 amide bonds. The van der Waals surface area contributed by atoms with Gasteiger partial charge in [-0.2, -0.15) is 5.10 Å². The van der Waals surface area contributed by atoms with Crippen LogP contribution in [0.5, 0.6) is 0 Å². The van der Waals surface area contributed by atoms with Crippen LogP contribution in [0.15, 0.2) is 29.4 Å². The number of nitro benzene ring substituents is 1. The summed E-state index contributed by atoms with van der Waals surface area (Å²) < 4.78 is 0. The first-order chi connectivity index (χ1) is 10.6. The van der Waals surface area contributed by atoms with Gasteiger partial charge in [-0.15, -0.1) is 0 Å². The Morgan fingerprint density at radius 2 is 1.59 bits per heavy atom. The SMILES string of the molecule is N/N=C(/c1ccc([N+](=O)[O-])cc1)C12CN3CN(CN(C3)C1)C2. The van der Waals surface area contributed by atoms with Crippen molar-refractivity contribution in [2.45, 2.75) is 0 Å². The van der Waals surface area contributed by atoms with Gasteiger partial charge in [0.05, 0.1) is 36.1 Å². The summed E-state index contributed by atoms with van der Waals surface area (Å²) in [7, 11) is 0. The summed E-state index contributed by atoms with van der Waals surface area (Å²) in [5.74, 6) is 5.72. The summed E-state index contributed by atoms with van der Waals surface area (Å²) >= 11 is 0. The lowest BCUT2D eigenvalue weighted by Crippen LogP contribution is -2.74. The standard InChI is InChI=1S/C14H18N6O2/c15-16-13(11-1-3-12(4-2-11)20(21)22)14-5-17-8-18(6-14)10-19(7-14)9-17/h1-4H,5-10,15H2/b16-13-. The van der Waals surface area contributed by atoms with Crippen molar-refractivity contribution in [1.82, 2.24) is 14.7 Å². The van der Waals surface area contributed by atoms with Gasteiger partial charge in [0.2, 0.25) is 0 Å². The lowest BCUT2D eigenvalue weighted by atomic mass is 9.74. The molecule has 4 aliphatic rings. The molecule has 0 aliphatic carbocycles. The highest BCUT2D eigenvalue weighted by Gasteiger charge is 2.51. The summed E-state index contributed by atoms with van der Waals surface area (Å²) in [4.78, 5) is 17.6. The molecule has 0 aromatic heterocycles. The van der Waals surface area contributed by atoms with Crippen LogP contribution >= 0.6 is 0 Å². The van der Waals surface area contributed by atoms with Crippen LogP contribution < -0.4 is 5.84 Å². The fourth-order valence-corrected chi connectivity index (χ4v) is 4.20. The highest BCUT2D eigenvalue weighted by molar-refractivity contribution is 6.05. The first-order valence-corrected chi connectivity index (χ1v) is 7.30. The van der Waals surface area contributed by atoms with Crippen molar-refractivity contribution in [1.29, 1.82) is 0 Å². The molecular weight excluding hydrogens is 284 g/mol. The first kappa shape index (κ1) is 13.6. The van der Waals surface area contributed by atoms with Crippen molar-refractivity contribution in [3.63, 3.8) is 0 Å². The highest BCUT2D eigenvalue weighted by atomic mass is 16.6. The van der Waals surface area contributed by atoms with Crippen molar-refractivity contribution in [3.8, 4) is 0 Å². The molecule has 4 fully saturated rings. The first-order valence-electron chi connectivity index (χ1n) is 7.30. The van der Waals surface area contributed by atoms with Crippen LogP contribution in [0.1, 0.15) is 5.56 Å². The third-order valence-electron chi connectivity index (χ3n) is 4.76. The molecule has 1 aromatic rings. The van der Waals surface area contributed by atoms with Gasteiger partial charge in [-0.05, 0) is 17.7 Å². The van der Waals surface area contributed by atoms with E-state index in [9.17, 15) is 10.1 Å². The number of nitro groups is 1. The van der Waals surface area contributed by atoms with Gasteiger partial charge in [0.25, 0.3) is 5.69 Å². The van der Waals surface area contributed by atoms with Crippen molar-refractivity contribution in [2.24, 2.45) is 16.4 Å². The molecule has 4 heterocycles. The molecule has 4 saturated heterocycles. The van der Waals surface area contributed by atoms with E-state index in [1.807, 2.05) is 0 Å². The topological polar surface area (TPSA) is 91.2 Å². The van der Waals surface area contributed by atoms with Gasteiger partial charge in [0, 0.05) is 31.8 Å². The van der Waals surface area contributed by atoms with Crippen molar-refractivity contribution >= 4 is 11.4 Å². The van der Waals surface area contributed by atoms with Gasteiger partial charge in [0.15, 0.2) is 0 Å². The summed E-state index contributed by atoms with van der Waals surface area (Å²) in [5, 5.41) is 14.9. The zero-order valence-electron chi connectivity index (χ0n) is 12.2. The third-order valence-corrected chi connectivity index (χ3v) is 4.76. The molecule has 8 nitrogen and oxygen atoms in total. The van der Waals surface area contributed by atoms with Gasteiger partial charge in [-0.25, -0.2) is 0 Å². The lowest BCUT2D eigenvalue weighted by Gasteiger charge is -2.60. The number of hydrogen-bond donors (Lipinski definition) is 1. The van der Waals surface area contributed by atoms with E-state index in [0.717, 1.165) is 50.9 Å². The molecule has 0 unspecified atom stereocenters. The summed E-state index contributed by atoms with van der Waals surface area (Å²) in [6, 6.07) is 6.54. The summed E-state index contributed by atoms with van der Waals surface area (Å²) in [6.07, 6.45) is 0. The normalized spacial score (nSPS) is 36.5. The lowest BCUT2D eigenvalue weighted by molar-refractivity contribution is -0.384. The van der Waals surface area contributed by atoms with Crippen molar-refractivity contribution < 1.29 is 4.92 Å². The molecule has 1 aromatic carbocycles. The largest absolute Gasteiger partial charge is 0.323 e. The average molecular weight is 302 g/mol. The van der Waals surface area contributed by atoms with E-state index in [1.165, 1.54) is 12.1 Å². The van der Waals surface area contributed by atoms with E-state index >= 15 is 0 Å². The van der Waals surface area contributed by atoms with E-state index in [4.69, 9.17) is 5.84 Å². The fourth-order valence-electron chi connectivity index (χ4n) is 4.20. The van der Waals surface area contributed by atoms with Gasteiger partial charge in [-0.3, -0.25) is 24.8 Å². The van der Waals surface area contributed by atoms with Crippen LogP contribution in [0, 0.1) is 15.5 Å². The second kappa shape index (κ2) is 4.73. The van der Waals surface area contributed by atoms with Crippen molar-refractivity contribution in [2.75, 3.05) is 39.6 Å². The molecule has 0 radical (unpaired) electrons. The van der Waals surface area contributed by atoms with E-state index < -0.39 is 4.92 Å². The molecule has 0 spiro atoms. The third kappa shape index (κ3) is 1.99. The molecule has 116 valence electrons. The maximum atomic E-state index is 10.8. The Morgan fingerprint density at radius 1 is 1.09 bits per heavy atom. The Kier molecular flexibility index (Phi) is 2.93. The second-order valence-electron chi connectivity index (χ2n) is 6.47. The highest BCUT2D eigenvalue weighted by Crippen LogP contribution is 2.38. The Hall–Kier alpha value is -2.03. The molecular formula is C14H18N6O2. The van der Waals surface area contributed by atoms with E-state index in [1.54, 1.807) is 12.1 Å². The average Bonchev–Trinajstić information content (AvgIpc) is 2.46. The number of hydrazone groups is 1. The van der Waals surface area contributed by atoms with Gasteiger partial charge in [-0.1, -0.05) is 0 Å². The van der Waals surface area contributed by atoms with Crippen LogP contribution in [-0.2, 0) is 0 Å². The monoisotopic (exact) mass is 302 g/mol.